The molecule has 43 nitrogen and oxygen atoms in total. The second-order valence-electron chi connectivity index (χ2n) is 25.3. The first-order valence-electron chi connectivity index (χ1n) is 34.6. The van der Waals surface area contributed by atoms with E-state index in [0.717, 1.165) is 0 Å². The number of nitrogens with one attached hydrogen (secondary N) is 9. The number of aliphatic hydroxyl groups is 1. The predicted molar refractivity (Wildman–Crippen MR) is 386 cm³/mol. The molecule has 43 heteroatoms. The molecular weight excluding hydrogens is 1360 g/mol. The van der Waals surface area contributed by atoms with Crippen LogP contribution in [-0.4, -0.2) is 246 Å². The van der Waals surface area contributed by atoms with Gasteiger partial charge in [-0.05, 0) is 148 Å². The minimum atomic E-state index is -1.75. The van der Waals surface area contributed by atoms with Crippen LogP contribution in [0.15, 0.2) is 25.0 Å². The summed E-state index contributed by atoms with van der Waals surface area (Å²) in [6.07, 6.45) is -1.74. The third-order valence-electron chi connectivity index (χ3n) is 16.2. The van der Waals surface area contributed by atoms with Gasteiger partial charge in [-0.2, -0.15) is 0 Å². The molecule has 0 saturated carbocycles. The second-order valence-corrected chi connectivity index (χ2v) is 25.3. The highest BCUT2D eigenvalue weighted by Gasteiger charge is 2.40. The number of aliphatic hydroxyl groups excluding tert-OH is 1. The van der Waals surface area contributed by atoms with E-state index in [1.165, 1.54) is 11.8 Å². The van der Waals surface area contributed by atoms with Gasteiger partial charge in [-0.15, -0.1) is 0 Å². The lowest BCUT2D eigenvalue weighted by Crippen LogP contribution is -2.60. The number of unbranched alkanes of at least 4 members (excludes halogenated alkanes) is 2. The number of aliphatic imine (C=N–C) groups is 5. The summed E-state index contributed by atoms with van der Waals surface area (Å²) in [6, 6.07) is -16.1. The summed E-state index contributed by atoms with van der Waals surface area (Å²) < 4.78 is 0. The van der Waals surface area contributed by atoms with Gasteiger partial charge in [0.2, 0.25) is 59.1 Å². The van der Waals surface area contributed by atoms with Crippen LogP contribution in [0, 0.1) is 5.92 Å². The molecule has 1 saturated heterocycles. The van der Waals surface area contributed by atoms with Gasteiger partial charge < -0.3 is 143 Å². The van der Waals surface area contributed by atoms with Crippen molar-refractivity contribution in [1.82, 2.24) is 52.8 Å². The van der Waals surface area contributed by atoms with Crippen LogP contribution in [0.3, 0.4) is 0 Å². The zero-order valence-electron chi connectivity index (χ0n) is 59.7. The summed E-state index contributed by atoms with van der Waals surface area (Å²) in [7, 11) is 0. The van der Waals surface area contributed by atoms with Crippen LogP contribution < -0.4 is 122 Å². The van der Waals surface area contributed by atoms with Gasteiger partial charge in [-0.1, -0.05) is 13.8 Å². The number of carboxylic acids is 2. The first kappa shape index (κ1) is 91.8. The minimum absolute atomic E-state index is 0.00975. The van der Waals surface area contributed by atoms with Crippen molar-refractivity contribution in [2.45, 2.75) is 222 Å². The fourth-order valence-electron chi connectivity index (χ4n) is 10.6. The van der Waals surface area contributed by atoms with Crippen molar-refractivity contribution in [3.05, 3.63) is 0 Å². The molecule has 0 aromatic heterocycles. The maximum absolute atomic E-state index is 14.8. The highest BCUT2D eigenvalue weighted by atomic mass is 16.4. The molecule has 0 spiro atoms. The number of rotatable bonds is 53. The predicted octanol–water partition coefficient (Wildman–Crippen LogP) is -9.82. The fraction of sp³-hybridized carbons (Fsp3) is 0.721. The van der Waals surface area contributed by atoms with Gasteiger partial charge in [0.05, 0.1) is 6.10 Å². The molecule has 1 rings (SSSR count). The number of nitrogens with zero attached hydrogens (tertiary/aromatic N) is 6. The van der Waals surface area contributed by atoms with Crippen molar-refractivity contribution in [3.8, 4) is 0 Å². The third-order valence-corrected chi connectivity index (χ3v) is 16.2. The van der Waals surface area contributed by atoms with E-state index >= 15 is 0 Å². The largest absolute Gasteiger partial charge is 0.481 e. The molecule has 0 unspecified atom stereocenters. The van der Waals surface area contributed by atoms with Gasteiger partial charge in [-0.25, -0.2) is 4.79 Å². The zero-order valence-corrected chi connectivity index (χ0v) is 59.7. The summed E-state index contributed by atoms with van der Waals surface area (Å²) in [5, 5.41) is 53.0. The van der Waals surface area contributed by atoms with Crippen molar-refractivity contribution in [2.24, 2.45) is 105 Å². The molecule has 0 aliphatic carbocycles. The lowest BCUT2D eigenvalue weighted by atomic mass is 10.0. The molecule has 104 heavy (non-hydrogen) atoms. The Morgan fingerprint density at radius 2 is 0.673 bits per heavy atom. The van der Waals surface area contributed by atoms with Crippen LogP contribution in [-0.2, 0) is 57.5 Å². The topological polar surface area (TPSA) is 777 Å². The van der Waals surface area contributed by atoms with Crippen molar-refractivity contribution in [1.29, 1.82) is 0 Å². The Balaban J connectivity index is 3.96. The number of guanidine groups is 5. The van der Waals surface area contributed by atoms with Gasteiger partial charge in [0.15, 0.2) is 29.8 Å². The average molecular weight is 1480 g/mol. The van der Waals surface area contributed by atoms with E-state index < -0.39 is 162 Å². The molecule has 0 aromatic rings. The van der Waals surface area contributed by atoms with Crippen LogP contribution >= 0.6 is 0 Å². The van der Waals surface area contributed by atoms with Crippen LogP contribution in [0.4, 0.5) is 0 Å². The van der Waals surface area contributed by atoms with E-state index in [2.05, 4.69) is 72.8 Å². The molecule has 12 atom stereocenters. The molecule has 0 aromatic carbocycles. The maximum Gasteiger partial charge on any atom is 0.326 e. The van der Waals surface area contributed by atoms with Gasteiger partial charge in [0.1, 0.15) is 66.5 Å². The zero-order chi connectivity index (χ0) is 78.6. The smallest absolute Gasteiger partial charge is 0.326 e. The Bertz CT molecular complexity index is 2930. The van der Waals surface area contributed by atoms with E-state index in [4.69, 9.17) is 74.5 Å². The summed E-state index contributed by atoms with van der Waals surface area (Å²) in [5.74, 6) is -14.0. The lowest BCUT2D eigenvalue weighted by molar-refractivity contribution is -0.143. The normalized spacial score (nSPS) is 15.6. The molecular formula is C61H116N28O15. The van der Waals surface area contributed by atoms with E-state index in [-0.39, 0.29) is 178 Å². The Hall–Kier alpha value is -10.2. The van der Waals surface area contributed by atoms with Gasteiger partial charge in [0, 0.05) is 45.7 Å². The van der Waals surface area contributed by atoms with E-state index in [1.807, 2.05) is 0 Å². The number of carboxylic acid groups (broad SMARTS) is 2. The van der Waals surface area contributed by atoms with Crippen LogP contribution in [0.5, 0.6) is 0 Å². The highest BCUT2D eigenvalue weighted by Crippen LogP contribution is 2.20. The average Bonchev–Trinajstić information content (AvgIpc) is 1.63. The maximum atomic E-state index is 14.8. The SMILES string of the molecule is CC(C)[C@H](NC(=O)[C@H](CCCN=C(N)N)NC(=O)[C@H](CCCCN)NC(=O)[C@H](CCCCN)NC(=O)[C@H](CCCN=C(N)N)NC(=O)[C@H](CCCN=C(N)N)NC(=O)[C@H](CCCN=C(N)N)NC(=O)[C@H](CCC(=O)O)NC(=O)[C@H](CCCN=C(N)N)NC(=O)[C@@H]1CCCN1C(=O)[C@@H](N)[C@@H](C)O)C(=O)O. The number of carbonyl (C=O) groups excluding carboxylic acids is 10. The number of likely N-dealkylation sites (tertiary alicyclic amines) is 1. The van der Waals surface area contributed by atoms with Crippen LogP contribution in [0.1, 0.15) is 149 Å². The lowest BCUT2D eigenvalue weighted by Gasteiger charge is -2.30. The third kappa shape index (κ3) is 37.7. The van der Waals surface area contributed by atoms with Crippen molar-refractivity contribution in [2.75, 3.05) is 52.4 Å². The van der Waals surface area contributed by atoms with Crippen LogP contribution in [0.2, 0.25) is 0 Å². The monoisotopic (exact) mass is 1480 g/mol. The standard InChI is InChI=1S/C61H116N28O15/c1-32(2)45(56(103)104)88-53(100)40(20-12-30-79-61(73)74)85-47(94)35(15-5-7-25-63)80-46(93)34(14-4-6-24-62)81-48(95)36(16-8-26-75-57(65)66)82-49(96)37(17-9-27-76-58(67)68)83-50(97)38(18-10-28-77-59(69)70)84-52(99)41(22-23-43(91)92)86-51(98)39(19-11-29-78-60(71)72)87-54(101)42-21-13-31-89(42)55(102)44(64)33(3)90/h32-42,44-45,90H,4-31,62-64H2,1-3H3,(H,80,93)(H,81,95)(H,82,96)(H,83,97)(H,84,99)(H,85,94)(H,86,98)(H,87,101)(H,88,100)(H,91,92)(H,103,104)(H4,65,66,75)(H4,67,68,76)(H4,69,70,77)(H4,71,72,78)(H4,73,74,79)/t33-,34+,35+,36+,37+,38+,39+,40+,41+,42+,44+,45+/m1/s1. The summed E-state index contributed by atoms with van der Waals surface area (Å²) in [6.45, 7) is 4.63. The molecule has 1 fully saturated rings. The van der Waals surface area contributed by atoms with Gasteiger partial charge in [0.25, 0.3) is 0 Å². The first-order chi connectivity index (χ1) is 49.0. The number of nitrogens with two attached hydrogens (primary N) is 13. The Morgan fingerprint density at radius 1 is 0.404 bits per heavy atom. The molecule has 1 aliphatic rings. The van der Waals surface area contributed by atoms with Gasteiger partial charge >= 0.3 is 11.9 Å². The molecule has 10 amide bonds. The highest BCUT2D eigenvalue weighted by molar-refractivity contribution is 5.99. The summed E-state index contributed by atoms with van der Waals surface area (Å²) in [4.78, 5) is 188. The van der Waals surface area contributed by atoms with E-state index in [1.54, 1.807) is 13.8 Å². The van der Waals surface area contributed by atoms with Crippen molar-refractivity contribution >= 4 is 101 Å². The van der Waals surface area contributed by atoms with Crippen molar-refractivity contribution in [3.63, 3.8) is 0 Å². The van der Waals surface area contributed by atoms with Gasteiger partial charge in [-0.3, -0.25) is 77.7 Å². The van der Waals surface area contributed by atoms with E-state index in [9.17, 15) is 72.9 Å². The van der Waals surface area contributed by atoms with E-state index in [0.29, 0.717) is 19.3 Å². The number of hydrogen-bond donors (Lipinski definition) is 25. The quantitative estimate of drug-likeness (QED) is 0.0153. The molecule has 1 heterocycles. The first-order valence-corrected chi connectivity index (χ1v) is 34.6. The Morgan fingerprint density at radius 3 is 0.923 bits per heavy atom. The second kappa shape index (κ2) is 50.2. The number of aliphatic carboxylic acids is 2. The van der Waals surface area contributed by atoms with Crippen molar-refractivity contribution < 1.29 is 72.9 Å². The summed E-state index contributed by atoms with van der Waals surface area (Å²) in [5.41, 5.74) is 73.1. The minimum Gasteiger partial charge on any atom is -0.481 e. The van der Waals surface area contributed by atoms with Crippen LogP contribution in [0.25, 0.3) is 0 Å². The molecule has 0 radical (unpaired) electrons. The fourth-order valence-corrected chi connectivity index (χ4v) is 10.6. The molecule has 1 aliphatic heterocycles. The number of carbonyl (C=O) groups is 12. The number of hydrogen-bond acceptors (Lipinski definition) is 21. The Labute approximate surface area is 604 Å². The number of amides is 10. The Kier molecular flexibility index (Phi) is 44.4. The molecule has 38 N–H and O–H groups in total. The molecule has 590 valence electrons. The summed E-state index contributed by atoms with van der Waals surface area (Å²) >= 11 is 0. The molecule has 0 bridgehead atoms.